The SMILES string of the molecule is CCc1ccc(N2C(=O)c3cc4sccc4n3C[C@]2(C)C(=O)N[C@H]2CCCC[C@@H]2C)cc1. The summed E-state index contributed by atoms with van der Waals surface area (Å²) in [6.45, 7) is 6.70. The van der Waals surface area contributed by atoms with Crippen molar-refractivity contribution in [2.75, 3.05) is 4.90 Å². The minimum atomic E-state index is -1.01. The molecule has 0 radical (unpaired) electrons. The molecule has 1 aliphatic carbocycles. The maximum Gasteiger partial charge on any atom is 0.275 e. The van der Waals surface area contributed by atoms with E-state index in [0.717, 1.165) is 41.6 Å². The molecule has 0 bridgehead atoms. The molecule has 0 saturated heterocycles. The molecule has 6 heteroatoms. The number of aromatic nitrogens is 1. The van der Waals surface area contributed by atoms with E-state index in [9.17, 15) is 9.59 Å². The van der Waals surface area contributed by atoms with Crippen molar-refractivity contribution in [2.45, 2.75) is 71.0 Å². The van der Waals surface area contributed by atoms with E-state index in [1.54, 1.807) is 16.2 Å². The standard InChI is InChI=1S/C26H31N3O2S/c1-4-18-9-11-19(12-10-18)29-24(30)22-15-23-21(13-14-32-23)28(22)16-26(29,3)25(31)27-20-8-6-5-7-17(20)2/h9-15,17,20H,4-8,16H2,1-3H3,(H,27,31)/t17-,20-,26+/m0/s1. The van der Waals surface area contributed by atoms with Gasteiger partial charge in [-0.3, -0.25) is 14.5 Å². The topological polar surface area (TPSA) is 54.3 Å². The highest BCUT2D eigenvalue weighted by Crippen LogP contribution is 2.37. The van der Waals surface area contributed by atoms with Crippen molar-refractivity contribution in [1.29, 1.82) is 0 Å². The van der Waals surface area contributed by atoms with Gasteiger partial charge in [0.1, 0.15) is 11.2 Å². The molecule has 5 rings (SSSR count). The van der Waals surface area contributed by atoms with Gasteiger partial charge in [-0.1, -0.05) is 38.8 Å². The van der Waals surface area contributed by atoms with Crippen molar-refractivity contribution in [2.24, 2.45) is 5.92 Å². The third-order valence-corrected chi connectivity index (χ3v) is 8.28. The summed E-state index contributed by atoms with van der Waals surface area (Å²) in [5, 5.41) is 5.38. The number of nitrogens with one attached hydrogen (secondary N) is 1. The second-order valence-electron chi connectivity index (χ2n) is 9.56. The summed E-state index contributed by atoms with van der Waals surface area (Å²) in [5.41, 5.74) is 2.66. The summed E-state index contributed by atoms with van der Waals surface area (Å²) in [4.78, 5) is 29.5. The van der Waals surface area contributed by atoms with Crippen molar-refractivity contribution in [3.05, 3.63) is 53.0 Å². The molecule has 3 aromatic rings. The van der Waals surface area contributed by atoms with Crippen LogP contribution in [-0.2, 0) is 17.8 Å². The van der Waals surface area contributed by atoms with Crippen molar-refractivity contribution >= 4 is 39.1 Å². The smallest absolute Gasteiger partial charge is 0.275 e. The van der Waals surface area contributed by atoms with Crippen LogP contribution in [0.15, 0.2) is 41.8 Å². The van der Waals surface area contributed by atoms with E-state index < -0.39 is 5.54 Å². The fraction of sp³-hybridized carbons (Fsp3) is 0.462. The summed E-state index contributed by atoms with van der Waals surface area (Å²) in [5.74, 6) is 0.281. The zero-order valence-corrected chi connectivity index (χ0v) is 19.9. The highest BCUT2D eigenvalue weighted by atomic mass is 32.1. The normalized spacial score (nSPS) is 25.7. The number of anilines is 1. The Balaban J connectivity index is 1.58. The molecule has 2 aromatic heterocycles. The Bertz CT molecular complexity index is 1160. The molecule has 0 spiro atoms. The van der Waals surface area contributed by atoms with Crippen LogP contribution in [0.5, 0.6) is 0 Å². The average Bonchev–Trinajstić information content (AvgIpc) is 3.38. The van der Waals surface area contributed by atoms with Crippen LogP contribution in [-0.4, -0.2) is 28.0 Å². The van der Waals surface area contributed by atoms with Crippen LogP contribution in [0.3, 0.4) is 0 Å². The monoisotopic (exact) mass is 449 g/mol. The summed E-state index contributed by atoms with van der Waals surface area (Å²) in [7, 11) is 0. The minimum absolute atomic E-state index is 0.0631. The molecule has 1 N–H and O–H groups in total. The van der Waals surface area contributed by atoms with Crippen molar-refractivity contribution in [3.63, 3.8) is 0 Å². The maximum absolute atomic E-state index is 13.9. The average molecular weight is 450 g/mol. The quantitative estimate of drug-likeness (QED) is 0.581. The second-order valence-corrected chi connectivity index (χ2v) is 10.5. The van der Waals surface area contributed by atoms with Gasteiger partial charge in [0.15, 0.2) is 0 Å². The first-order chi connectivity index (χ1) is 15.4. The first-order valence-electron chi connectivity index (χ1n) is 11.7. The number of carbonyl (C=O) groups excluding carboxylic acids is 2. The Labute approximate surface area is 193 Å². The number of hydrogen-bond donors (Lipinski definition) is 1. The minimum Gasteiger partial charge on any atom is -0.351 e. The fourth-order valence-electron chi connectivity index (χ4n) is 5.35. The van der Waals surface area contributed by atoms with Crippen molar-refractivity contribution in [3.8, 4) is 0 Å². The highest BCUT2D eigenvalue weighted by Gasteiger charge is 2.49. The van der Waals surface area contributed by atoms with Crippen LogP contribution in [0, 0.1) is 5.92 Å². The van der Waals surface area contributed by atoms with Gasteiger partial charge in [0.2, 0.25) is 5.91 Å². The van der Waals surface area contributed by atoms with Gasteiger partial charge in [0.05, 0.1) is 16.8 Å². The van der Waals surface area contributed by atoms with Gasteiger partial charge < -0.3 is 9.88 Å². The zero-order valence-electron chi connectivity index (χ0n) is 19.1. The van der Waals surface area contributed by atoms with Gasteiger partial charge in [0, 0.05) is 11.7 Å². The van der Waals surface area contributed by atoms with E-state index in [4.69, 9.17) is 0 Å². The molecular weight excluding hydrogens is 418 g/mol. The largest absolute Gasteiger partial charge is 0.351 e. The van der Waals surface area contributed by atoms with Crippen LogP contribution < -0.4 is 10.2 Å². The summed E-state index contributed by atoms with van der Waals surface area (Å²) >= 11 is 1.63. The second kappa shape index (κ2) is 8.07. The number of thiophene rings is 1. The molecule has 32 heavy (non-hydrogen) atoms. The number of nitrogens with zero attached hydrogens (tertiary/aromatic N) is 2. The fourth-order valence-corrected chi connectivity index (χ4v) is 6.17. The van der Waals surface area contributed by atoms with Crippen LogP contribution in [0.4, 0.5) is 5.69 Å². The summed E-state index contributed by atoms with van der Waals surface area (Å²) in [6.07, 6.45) is 5.45. The van der Waals surface area contributed by atoms with Crippen LogP contribution in [0.25, 0.3) is 10.2 Å². The maximum atomic E-state index is 13.9. The molecule has 5 nitrogen and oxygen atoms in total. The molecule has 2 amide bonds. The lowest BCUT2D eigenvalue weighted by atomic mass is 9.84. The van der Waals surface area contributed by atoms with E-state index >= 15 is 0 Å². The predicted molar refractivity (Wildman–Crippen MR) is 130 cm³/mol. The van der Waals surface area contributed by atoms with Crippen LogP contribution in [0.2, 0.25) is 0 Å². The number of fused-ring (bicyclic) bond motifs is 3. The number of hydrogen-bond acceptors (Lipinski definition) is 3. The van der Waals surface area contributed by atoms with Gasteiger partial charge in [-0.15, -0.1) is 11.3 Å². The molecule has 2 aliphatic rings. The van der Waals surface area contributed by atoms with E-state index in [2.05, 4.69) is 31.3 Å². The third kappa shape index (κ3) is 3.36. The van der Waals surface area contributed by atoms with Gasteiger partial charge in [-0.05, 0) is 67.3 Å². The molecule has 3 atom stereocenters. The molecular formula is C26H31N3O2S. The molecule has 1 aliphatic heterocycles. The Morgan fingerprint density at radius 1 is 1.19 bits per heavy atom. The molecule has 0 unspecified atom stereocenters. The van der Waals surface area contributed by atoms with Crippen LogP contribution in [0.1, 0.15) is 62.5 Å². The lowest BCUT2D eigenvalue weighted by Gasteiger charge is -2.45. The molecule has 168 valence electrons. The lowest BCUT2D eigenvalue weighted by Crippen LogP contribution is -2.65. The Morgan fingerprint density at radius 2 is 1.94 bits per heavy atom. The first-order valence-corrected chi connectivity index (χ1v) is 12.6. The number of benzene rings is 1. The number of carbonyl (C=O) groups is 2. The van der Waals surface area contributed by atoms with E-state index in [1.807, 2.05) is 41.1 Å². The van der Waals surface area contributed by atoms with Gasteiger partial charge in [0.25, 0.3) is 5.91 Å². The van der Waals surface area contributed by atoms with Crippen LogP contribution >= 0.6 is 11.3 Å². The lowest BCUT2D eigenvalue weighted by molar-refractivity contribution is -0.127. The number of aryl methyl sites for hydroxylation is 1. The van der Waals surface area contributed by atoms with Crippen molar-refractivity contribution in [1.82, 2.24) is 9.88 Å². The van der Waals surface area contributed by atoms with Gasteiger partial charge in [-0.2, -0.15) is 0 Å². The number of rotatable bonds is 4. The Kier molecular flexibility index (Phi) is 5.36. The molecule has 1 saturated carbocycles. The van der Waals surface area contributed by atoms with Gasteiger partial charge in [-0.25, -0.2) is 0 Å². The Morgan fingerprint density at radius 3 is 2.66 bits per heavy atom. The first kappa shape index (κ1) is 21.3. The molecule has 1 fully saturated rings. The van der Waals surface area contributed by atoms with E-state index in [-0.39, 0.29) is 17.9 Å². The molecule has 1 aromatic carbocycles. The Hall–Kier alpha value is -2.60. The number of amides is 2. The van der Waals surface area contributed by atoms with Crippen molar-refractivity contribution < 1.29 is 9.59 Å². The van der Waals surface area contributed by atoms with E-state index in [1.165, 1.54) is 12.0 Å². The van der Waals surface area contributed by atoms with Gasteiger partial charge >= 0.3 is 0 Å². The van der Waals surface area contributed by atoms with E-state index in [0.29, 0.717) is 18.2 Å². The molecule has 3 heterocycles. The highest BCUT2D eigenvalue weighted by molar-refractivity contribution is 7.17. The predicted octanol–water partition coefficient (Wildman–Crippen LogP) is 5.38. The summed E-state index contributed by atoms with van der Waals surface area (Å²) in [6, 6.07) is 12.2. The zero-order chi connectivity index (χ0) is 22.5. The third-order valence-electron chi connectivity index (χ3n) is 7.42. The summed E-state index contributed by atoms with van der Waals surface area (Å²) < 4.78 is 3.12.